The zero-order valence-electron chi connectivity index (χ0n) is 25.7. The zero-order valence-corrected chi connectivity index (χ0v) is 26.6. The molecule has 0 aromatic carbocycles. The maximum atomic E-state index is 13.6. The molecule has 3 atom stereocenters. The lowest BCUT2D eigenvalue weighted by molar-refractivity contribution is -0.223. The molecule has 5 heterocycles. The molecule has 2 N–H and O–H groups in total. The second-order valence-corrected chi connectivity index (χ2v) is 13.5. The molecule has 0 saturated carbocycles. The van der Waals surface area contributed by atoms with Gasteiger partial charge in [0.15, 0.2) is 5.82 Å². The number of rotatable bonds is 6. The molecular formula is C31H40F3N7O2S. The van der Waals surface area contributed by atoms with Gasteiger partial charge >= 0.3 is 6.18 Å². The highest BCUT2D eigenvalue weighted by molar-refractivity contribution is 7.97. The van der Waals surface area contributed by atoms with Crippen molar-refractivity contribution in [1.82, 2.24) is 24.5 Å². The summed E-state index contributed by atoms with van der Waals surface area (Å²) in [4.78, 5) is 25.3. The molecule has 5 rings (SSSR count). The molecule has 9 nitrogen and oxygen atoms in total. The highest BCUT2D eigenvalue weighted by Crippen LogP contribution is 2.43. The predicted molar refractivity (Wildman–Crippen MR) is 165 cm³/mol. The molecule has 3 unspecified atom stereocenters. The van der Waals surface area contributed by atoms with Gasteiger partial charge in [0.05, 0.1) is 17.6 Å². The van der Waals surface area contributed by atoms with Gasteiger partial charge in [-0.1, -0.05) is 19.9 Å². The number of hydrogen-bond acceptors (Lipinski definition) is 8. The van der Waals surface area contributed by atoms with Crippen LogP contribution in [0.5, 0.6) is 5.88 Å². The van der Waals surface area contributed by atoms with E-state index in [2.05, 4.69) is 45.8 Å². The molecule has 1 saturated heterocycles. The summed E-state index contributed by atoms with van der Waals surface area (Å²) in [5, 5.41) is 8.57. The largest absolute Gasteiger partial charge is 0.477 e. The van der Waals surface area contributed by atoms with Gasteiger partial charge in [-0.2, -0.15) is 13.2 Å². The van der Waals surface area contributed by atoms with Crippen molar-refractivity contribution < 1.29 is 22.7 Å². The van der Waals surface area contributed by atoms with Crippen molar-refractivity contribution in [1.29, 1.82) is 0 Å². The summed E-state index contributed by atoms with van der Waals surface area (Å²) in [6.45, 7) is 9.86. The average molecular weight is 632 g/mol. The third-order valence-electron chi connectivity index (χ3n) is 8.86. The molecule has 13 heteroatoms. The molecule has 1 amide bonds. The van der Waals surface area contributed by atoms with E-state index in [0.717, 1.165) is 43.6 Å². The minimum absolute atomic E-state index is 0.0358. The third-order valence-corrected chi connectivity index (χ3v) is 9.59. The highest BCUT2D eigenvalue weighted by Gasteiger charge is 2.49. The topological polar surface area (TPSA) is 97.2 Å². The number of nitrogens with zero attached hydrogens (tertiary/aromatic N) is 5. The van der Waals surface area contributed by atoms with Crippen LogP contribution in [0.3, 0.4) is 0 Å². The van der Waals surface area contributed by atoms with Crippen molar-refractivity contribution >= 4 is 29.5 Å². The lowest BCUT2D eigenvalue weighted by Gasteiger charge is -2.34. The van der Waals surface area contributed by atoms with Crippen molar-refractivity contribution in [3.63, 3.8) is 0 Å². The standard InChI is InChI=1S/C31H40F3N7O2S/c1-6-30(5,31(32,33)34)15-17-43-25-14-16-41(38-25)24-13-12-22-27(37-24)40-19-21(18-29(40,3)4)11-10-20(2)35-23-8-7-9-26(36-23)44-39-28(22)42/h7-9,12-14,16,20-21H,6,10-11,15,17-19H2,1-5H3,(H,35,36)(H,39,42). The molecule has 0 radical (unpaired) electrons. The number of nitrogens with one attached hydrogen (secondary N) is 2. The van der Waals surface area contributed by atoms with E-state index in [1.807, 2.05) is 18.2 Å². The van der Waals surface area contributed by atoms with Crippen LogP contribution in [-0.2, 0) is 0 Å². The van der Waals surface area contributed by atoms with Gasteiger partial charge in [-0.15, -0.1) is 5.10 Å². The zero-order chi connectivity index (χ0) is 31.7. The van der Waals surface area contributed by atoms with E-state index in [1.165, 1.54) is 18.5 Å². The Morgan fingerprint density at radius 3 is 2.68 bits per heavy atom. The maximum Gasteiger partial charge on any atom is 0.394 e. The van der Waals surface area contributed by atoms with E-state index in [-0.39, 0.29) is 42.8 Å². The van der Waals surface area contributed by atoms with Crippen molar-refractivity contribution in [2.24, 2.45) is 11.3 Å². The van der Waals surface area contributed by atoms with Crippen LogP contribution < -0.4 is 19.7 Å². The minimum atomic E-state index is -4.31. The number of alkyl halides is 3. The van der Waals surface area contributed by atoms with Gasteiger partial charge in [0.25, 0.3) is 5.91 Å². The Balaban J connectivity index is 1.42. The molecule has 1 fully saturated rings. The van der Waals surface area contributed by atoms with Gasteiger partial charge in [0.2, 0.25) is 5.88 Å². The van der Waals surface area contributed by atoms with E-state index in [9.17, 15) is 18.0 Å². The molecule has 2 aliphatic heterocycles. The van der Waals surface area contributed by atoms with Crippen LogP contribution in [0.4, 0.5) is 24.8 Å². The summed E-state index contributed by atoms with van der Waals surface area (Å²) in [7, 11) is 0. The first-order valence-electron chi connectivity index (χ1n) is 15.0. The Morgan fingerprint density at radius 2 is 1.93 bits per heavy atom. The number of ether oxygens (including phenoxy) is 1. The highest BCUT2D eigenvalue weighted by atomic mass is 32.2. The molecule has 3 aromatic heterocycles. The Hall–Kier alpha value is -3.48. The number of carbonyl (C=O) groups is 1. The van der Waals surface area contributed by atoms with E-state index in [1.54, 1.807) is 24.4 Å². The van der Waals surface area contributed by atoms with Crippen LogP contribution in [0.1, 0.15) is 77.1 Å². The third kappa shape index (κ3) is 6.92. The van der Waals surface area contributed by atoms with Crippen molar-refractivity contribution in [3.8, 4) is 11.7 Å². The van der Waals surface area contributed by atoms with Gasteiger partial charge in [0, 0.05) is 42.3 Å². The lowest BCUT2D eigenvalue weighted by Crippen LogP contribution is -2.40. The van der Waals surface area contributed by atoms with Crippen molar-refractivity contribution in [2.75, 3.05) is 23.4 Å². The van der Waals surface area contributed by atoms with E-state index in [4.69, 9.17) is 9.72 Å². The molecule has 4 bridgehead atoms. The van der Waals surface area contributed by atoms with Gasteiger partial charge < -0.3 is 15.0 Å². The number of fused-ring (bicyclic) bond motifs is 6. The van der Waals surface area contributed by atoms with E-state index in [0.29, 0.717) is 28.1 Å². The van der Waals surface area contributed by atoms with Crippen LogP contribution in [0, 0.1) is 11.3 Å². The van der Waals surface area contributed by atoms with Crippen molar-refractivity contribution in [3.05, 3.63) is 48.2 Å². The monoisotopic (exact) mass is 631 g/mol. The number of anilines is 2. The first-order chi connectivity index (χ1) is 20.8. The number of halogens is 3. The van der Waals surface area contributed by atoms with Crippen molar-refractivity contribution in [2.45, 2.75) is 89.5 Å². The second-order valence-electron chi connectivity index (χ2n) is 12.7. The number of hydrogen-bond donors (Lipinski definition) is 2. The quantitative estimate of drug-likeness (QED) is 0.280. The number of amides is 1. The molecule has 44 heavy (non-hydrogen) atoms. The summed E-state index contributed by atoms with van der Waals surface area (Å²) in [5.41, 5.74) is -1.64. The number of aromatic nitrogens is 4. The van der Waals surface area contributed by atoms with Crippen LogP contribution in [0.15, 0.2) is 47.6 Å². The summed E-state index contributed by atoms with van der Waals surface area (Å²) < 4.78 is 50.5. The lowest BCUT2D eigenvalue weighted by atomic mass is 9.83. The predicted octanol–water partition coefficient (Wildman–Crippen LogP) is 7.05. The average Bonchev–Trinajstić information content (AvgIpc) is 3.57. The van der Waals surface area contributed by atoms with Crippen LogP contribution in [-0.4, -0.2) is 56.6 Å². The van der Waals surface area contributed by atoms with Crippen LogP contribution in [0.25, 0.3) is 5.82 Å². The first kappa shape index (κ1) is 31.9. The summed E-state index contributed by atoms with van der Waals surface area (Å²) in [6.07, 6.45) is 0.0574. The Labute approximate surface area is 260 Å². The van der Waals surface area contributed by atoms with Crippen LogP contribution >= 0.6 is 11.9 Å². The van der Waals surface area contributed by atoms with Gasteiger partial charge in [-0.05, 0) is 83.1 Å². The Bertz CT molecular complexity index is 1480. The fourth-order valence-electron chi connectivity index (χ4n) is 5.83. The Kier molecular flexibility index (Phi) is 9.06. The molecule has 0 aliphatic carbocycles. The van der Waals surface area contributed by atoms with Gasteiger partial charge in [-0.3, -0.25) is 9.52 Å². The molecule has 0 spiro atoms. The first-order valence-corrected chi connectivity index (χ1v) is 15.8. The second kappa shape index (κ2) is 12.5. The maximum absolute atomic E-state index is 13.6. The van der Waals surface area contributed by atoms with Gasteiger partial charge in [0.1, 0.15) is 16.7 Å². The van der Waals surface area contributed by atoms with E-state index < -0.39 is 11.6 Å². The molecule has 2 aliphatic rings. The Morgan fingerprint density at radius 1 is 1.14 bits per heavy atom. The fourth-order valence-corrected chi connectivity index (χ4v) is 6.43. The fraction of sp³-hybridized carbons (Fsp3) is 0.548. The SMILES string of the molecule is CCC(C)(CCOc1ccn(-c2ccc3c(n2)N2CC(CCC(C)Nc4cccc(n4)SNC3=O)CC2(C)C)n1)C(F)(F)F. The summed E-state index contributed by atoms with van der Waals surface area (Å²) in [5.74, 6) is 2.12. The van der Waals surface area contributed by atoms with Crippen LogP contribution in [0.2, 0.25) is 0 Å². The molecule has 238 valence electrons. The normalized spacial score (nSPS) is 21.7. The molecular weight excluding hydrogens is 591 g/mol. The summed E-state index contributed by atoms with van der Waals surface area (Å²) >= 11 is 1.15. The van der Waals surface area contributed by atoms with Gasteiger partial charge in [-0.25, -0.2) is 14.6 Å². The minimum Gasteiger partial charge on any atom is -0.477 e. The number of pyridine rings is 2. The smallest absolute Gasteiger partial charge is 0.394 e. The van der Waals surface area contributed by atoms with E-state index >= 15 is 0 Å². The number of carbonyl (C=O) groups excluding carboxylic acids is 1. The summed E-state index contributed by atoms with van der Waals surface area (Å²) in [6, 6.07) is 11.0. The molecule has 3 aromatic rings.